The van der Waals surface area contributed by atoms with Gasteiger partial charge in [-0.3, -0.25) is 4.99 Å². The minimum atomic E-state index is -0.225. The topological polar surface area (TPSA) is 50.7 Å². The molecule has 0 amide bonds. The molecule has 0 heterocycles. The number of rotatable bonds is 5. The number of guanidine groups is 1. The highest BCUT2D eigenvalue weighted by Crippen LogP contribution is 2.09. The third-order valence-electron chi connectivity index (χ3n) is 2.10. The zero-order chi connectivity index (χ0) is 13.3. The van der Waals surface area contributed by atoms with E-state index >= 15 is 0 Å². The Labute approximate surface area is 102 Å². The second-order valence-corrected chi connectivity index (χ2v) is 3.63. The first-order valence-corrected chi connectivity index (χ1v) is 5.41. The van der Waals surface area contributed by atoms with Crippen molar-refractivity contribution in [1.29, 1.82) is 0 Å². The van der Waals surface area contributed by atoms with Crippen LogP contribution in [-0.2, 0) is 0 Å². The van der Waals surface area contributed by atoms with Gasteiger partial charge < -0.3 is 5.73 Å². The van der Waals surface area contributed by atoms with Gasteiger partial charge in [-0.1, -0.05) is 18.7 Å². The molecule has 0 aliphatic rings. The number of nitrogens with zero attached hydrogens (tertiary/aromatic N) is 2. The summed E-state index contributed by atoms with van der Waals surface area (Å²) in [6.45, 7) is 6.97. The van der Waals surface area contributed by atoms with Crippen molar-refractivity contribution in [2.24, 2.45) is 15.7 Å². The monoisotopic (exact) mass is 237 g/mol. The number of allylic oxidation sites excluding steroid dienone is 5. The molecule has 0 aromatic rings. The lowest BCUT2D eigenvalue weighted by Gasteiger charge is -2.01. The largest absolute Gasteiger partial charge is 0.368 e. The maximum absolute atomic E-state index is 12.5. The highest BCUT2D eigenvalue weighted by atomic mass is 19.1. The maximum atomic E-state index is 12.5. The van der Waals surface area contributed by atoms with Crippen molar-refractivity contribution in [2.75, 3.05) is 7.05 Å². The van der Waals surface area contributed by atoms with Crippen LogP contribution in [0, 0.1) is 0 Å². The average Bonchev–Trinajstić information content (AvgIpc) is 2.28. The molecule has 0 fully saturated rings. The van der Waals surface area contributed by atoms with E-state index in [1.165, 1.54) is 13.0 Å². The van der Waals surface area contributed by atoms with E-state index in [4.69, 9.17) is 5.73 Å². The fraction of sp³-hybridized carbons (Fsp3) is 0.385. The Morgan fingerprint density at radius 2 is 1.94 bits per heavy atom. The molecular weight excluding hydrogens is 217 g/mol. The van der Waals surface area contributed by atoms with Crippen LogP contribution in [0.15, 0.2) is 46.2 Å². The fourth-order valence-electron chi connectivity index (χ4n) is 1.10. The van der Waals surface area contributed by atoms with Gasteiger partial charge in [-0.2, -0.15) is 0 Å². The Morgan fingerprint density at radius 1 is 1.29 bits per heavy atom. The normalized spacial score (nSPS) is 15.1. The molecule has 0 saturated carbocycles. The van der Waals surface area contributed by atoms with Crippen LogP contribution >= 0.6 is 0 Å². The molecule has 0 atom stereocenters. The Balaban J connectivity index is 4.44. The molecule has 0 aromatic heterocycles. The molecular formula is C13H20FN3. The van der Waals surface area contributed by atoms with Gasteiger partial charge in [0.2, 0.25) is 5.96 Å². The summed E-state index contributed by atoms with van der Waals surface area (Å²) in [5.41, 5.74) is 7.33. The molecule has 0 aliphatic carbocycles. The van der Waals surface area contributed by atoms with Crippen LogP contribution < -0.4 is 5.73 Å². The first kappa shape index (κ1) is 15.3. The summed E-state index contributed by atoms with van der Waals surface area (Å²) in [6, 6.07) is 0. The van der Waals surface area contributed by atoms with E-state index in [2.05, 4.69) is 16.6 Å². The van der Waals surface area contributed by atoms with Crippen molar-refractivity contribution in [3.05, 3.63) is 36.2 Å². The first-order chi connectivity index (χ1) is 7.99. The van der Waals surface area contributed by atoms with Crippen molar-refractivity contribution in [3.8, 4) is 0 Å². The van der Waals surface area contributed by atoms with Crippen molar-refractivity contribution in [3.63, 3.8) is 0 Å². The van der Waals surface area contributed by atoms with Crippen LogP contribution in [0.4, 0.5) is 4.39 Å². The molecule has 0 unspecified atom stereocenters. The van der Waals surface area contributed by atoms with Gasteiger partial charge >= 0.3 is 0 Å². The van der Waals surface area contributed by atoms with Crippen molar-refractivity contribution in [2.45, 2.75) is 26.7 Å². The van der Waals surface area contributed by atoms with E-state index < -0.39 is 0 Å². The molecule has 4 heteroatoms. The van der Waals surface area contributed by atoms with Gasteiger partial charge in [0.05, 0.1) is 5.83 Å². The second kappa shape index (κ2) is 8.44. The predicted octanol–water partition coefficient (Wildman–Crippen LogP) is 3.16. The highest BCUT2D eigenvalue weighted by molar-refractivity contribution is 5.95. The quantitative estimate of drug-likeness (QED) is 0.445. The smallest absolute Gasteiger partial charge is 0.214 e. The van der Waals surface area contributed by atoms with Gasteiger partial charge in [-0.25, -0.2) is 9.38 Å². The minimum absolute atomic E-state index is 0.225. The Kier molecular flexibility index (Phi) is 7.59. The number of aliphatic imine (C=N–C) groups is 2. The Hall–Kier alpha value is -1.71. The van der Waals surface area contributed by atoms with Crippen LogP contribution in [0.5, 0.6) is 0 Å². The van der Waals surface area contributed by atoms with Crippen LogP contribution in [0.1, 0.15) is 26.7 Å². The molecule has 3 nitrogen and oxygen atoms in total. The van der Waals surface area contributed by atoms with E-state index in [-0.39, 0.29) is 11.8 Å². The van der Waals surface area contributed by atoms with E-state index in [1.807, 2.05) is 6.92 Å². The Bertz CT molecular complexity index is 372. The van der Waals surface area contributed by atoms with E-state index in [1.54, 1.807) is 19.2 Å². The van der Waals surface area contributed by atoms with Gasteiger partial charge in [0.15, 0.2) is 0 Å². The van der Waals surface area contributed by atoms with Gasteiger partial charge in [0.25, 0.3) is 0 Å². The number of hydrogen-bond acceptors (Lipinski definition) is 1. The summed E-state index contributed by atoms with van der Waals surface area (Å²) in [5, 5.41) is 0. The van der Waals surface area contributed by atoms with Crippen molar-refractivity contribution >= 4 is 11.7 Å². The molecule has 2 N–H and O–H groups in total. The van der Waals surface area contributed by atoms with Crippen LogP contribution in [0.25, 0.3) is 0 Å². The fourth-order valence-corrected chi connectivity index (χ4v) is 1.10. The van der Waals surface area contributed by atoms with E-state index in [0.29, 0.717) is 0 Å². The number of nitrogens with two attached hydrogens (primary N) is 1. The highest BCUT2D eigenvalue weighted by Gasteiger charge is 1.96. The van der Waals surface area contributed by atoms with Crippen LogP contribution in [-0.4, -0.2) is 18.7 Å². The van der Waals surface area contributed by atoms with Crippen molar-refractivity contribution in [1.82, 2.24) is 0 Å². The SMILES string of the molecule is C=C/C(=C\C=C(/C)F)CCC(C)=NC(N)=NC. The molecule has 0 rings (SSSR count). The van der Waals surface area contributed by atoms with Gasteiger partial charge in [-0.15, -0.1) is 0 Å². The standard InChI is InChI=1S/C13H20FN3/c1-5-12(8-6-10(2)14)9-7-11(3)17-13(15)16-4/h5-6,8H,1,7,9H2,2-4H3,(H2,15,16)/b10-6+,12-8+,17-11?. The lowest BCUT2D eigenvalue weighted by atomic mass is 10.1. The van der Waals surface area contributed by atoms with Crippen molar-refractivity contribution < 1.29 is 4.39 Å². The van der Waals surface area contributed by atoms with Gasteiger partial charge in [0.1, 0.15) is 0 Å². The lowest BCUT2D eigenvalue weighted by Crippen LogP contribution is -2.10. The maximum Gasteiger partial charge on any atom is 0.214 e. The van der Waals surface area contributed by atoms with Crippen LogP contribution in [0.2, 0.25) is 0 Å². The molecule has 0 spiro atoms. The summed E-state index contributed by atoms with van der Waals surface area (Å²) in [7, 11) is 1.59. The molecule has 0 aromatic carbocycles. The van der Waals surface area contributed by atoms with Gasteiger partial charge in [-0.05, 0) is 38.3 Å². The molecule has 0 bridgehead atoms. The first-order valence-electron chi connectivity index (χ1n) is 5.41. The van der Waals surface area contributed by atoms with Gasteiger partial charge in [0, 0.05) is 12.8 Å². The lowest BCUT2D eigenvalue weighted by molar-refractivity contribution is 0.640. The summed E-state index contributed by atoms with van der Waals surface area (Å²) in [4.78, 5) is 7.84. The molecule has 17 heavy (non-hydrogen) atoms. The third-order valence-corrected chi connectivity index (χ3v) is 2.10. The number of hydrogen-bond donors (Lipinski definition) is 1. The second-order valence-electron chi connectivity index (χ2n) is 3.63. The molecule has 94 valence electrons. The molecule has 0 radical (unpaired) electrons. The van der Waals surface area contributed by atoms with Crippen LogP contribution in [0.3, 0.4) is 0 Å². The third kappa shape index (κ3) is 8.13. The summed E-state index contributed by atoms with van der Waals surface area (Å²) in [5.74, 6) is 0.0447. The zero-order valence-electron chi connectivity index (χ0n) is 10.7. The summed E-state index contributed by atoms with van der Waals surface area (Å²) < 4.78 is 12.5. The zero-order valence-corrected chi connectivity index (χ0v) is 10.7. The molecule has 0 saturated heterocycles. The average molecular weight is 237 g/mol. The number of halogens is 1. The van der Waals surface area contributed by atoms with E-state index in [9.17, 15) is 4.39 Å². The minimum Gasteiger partial charge on any atom is -0.368 e. The summed E-state index contributed by atoms with van der Waals surface area (Å²) in [6.07, 6.45) is 6.34. The Morgan fingerprint density at radius 3 is 2.41 bits per heavy atom. The molecule has 0 aliphatic heterocycles. The predicted molar refractivity (Wildman–Crippen MR) is 73.0 cm³/mol. The summed E-state index contributed by atoms with van der Waals surface area (Å²) >= 11 is 0. The van der Waals surface area contributed by atoms with E-state index in [0.717, 1.165) is 24.1 Å².